The average molecular weight is 342 g/mol. The number of dihydropyridines is 1. The largest absolute Gasteiger partial charge is 0.497 e. The van der Waals surface area contributed by atoms with Crippen LogP contribution in [0, 0.1) is 11.3 Å². The van der Waals surface area contributed by atoms with Crippen LogP contribution in [0.3, 0.4) is 0 Å². The van der Waals surface area contributed by atoms with Crippen LogP contribution in [0.4, 0.5) is 0 Å². The summed E-state index contributed by atoms with van der Waals surface area (Å²) in [5.41, 5.74) is 2.13. The number of allylic oxidation sites excluding steroid dienone is 2. The van der Waals surface area contributed by atoms with Crippen molar-refractivity contribution in [3.8, 4) is 11.8 Å². The van der Waals surface area contributed by atoms with Gasteiger partial charge >= 0.3 is 5.97 Å². The van der Waals surface area contributed by atoms with E-state index in [1.165, 1.54) is 6.08 Å². The Morgan fingerprint density at radius 1 is 1.46 bits per heavy atom. The second kappa shape index (κ2) is 7.75. The number of ether oxygens (including phenoxy) is 2. The summed E-state index contributed by atoms with van der Waals surface area (Å²) in [6, 6.07) is 9.35. The fraction of sp³-hybridized carbons (Fsp3) is 0.222. The van der Waals surface area contributed by atoms with Crippen LogP contribution < -0.4 is 10.1 Å². The van der Waals surface area contributed by atoms with E-state index in [0.29, 0.717) is 27.6 Å². The maximum atomic E-state index is 12.5. The SMILES string of the molecule is C=CCOC(=O)C1=C(C)NC(S)=C(C#N)[C@H]1c1ccc(OC)cc1. The van der Waals surface area contributed by atoms with E-state index in [2.05, 4.69) is 30.6 Å². The van der Waals surface area contributed by atoms with Crippen molar-refractivity contribution in [3.63, 3.8) is 0 Å². The topological polar surface area (TPSA) is 71.3 Å². The lowest BCUT2D eigenvalue weighted by Crippen LogP contribution is -2.28. The zero-order chi connectivity index (χ0) is 17.7. The normalized spacial score (nSPS) is 17.0. The number of benzene rings is 1. The first-order valence-electron chi connectivity index (χ1n) is 7.26. The van der Waals surface area contributed by atoms with Crippen molar-refractivity contribution >= 4 is 18.6 Å². The lowest BCUT2D eigenvalue weighted by molar-refractivity contribution is -0.138. The lowest BCUT2D eigenvalue weighted by atomic mass is 9.82. The molecule has 1 aromatic rings. The van der Waals surface area contributed by atoms with Crippen LogP contribution in [0.1, 0.15) is 18.4 Å². The van der Waals surface area contributed by atoms with Gasteiger partial charge in [0.2, 0.25) is 0 Å². The molecule has 0 radical (unpaired) electrons. The van der Waals surface area contributed by atoms with Crippen LogP contribution in [0.25, 0.3) is 0 Å². The molecule has 1 atom stereocenters. The van der Waals surface area contributed by atoms with Gasteiger partial charge in [-0.1, -0.05) is 24.8 Å². The van der Waals surface area contributed by atoms with Gasteiger partial charge in [-0.05, 0) is 24.6 Å². The van der Waals surface area contributed by atoms with Crippen molar-refractivity contribution < 1.29 is 14.3 Å². The standard InChI is InChI=1S/C18H18N2O3S/c1-4-9-23-18(21)15-11(2)20-17(24)14(10-19)16(15)12-5-7-13(22-3)8-6-12/h4-8,16,20,24H,1,9H2,2-3H3/t16-/m1/s1. The van der Waals surface area contributed by atoms with Gasteiger partial charge in [0, 0.05) is 5.70 Å². The van der Waals surface area contributed by atoms with Crippen molar-refractivity contribution in [2.45, 2.75) is 12.8 Å². The molecular weight excluding hydrogens is 324 g/mol. The van der Waals surface area contributed by atoms with Gasteiger partial charge in [-0.15, -0.1) is 12.6 Å². The molecule has 0 aliphatic carbocycles. The van der Waals surface area contributed by atoms with E-state index >= 15 is 0 Å². The average Bonchev–Trinajstić information content (AvgIpc) is 2.59. The Morgan fingerprint density at radius 3 is 2.67 bits per heavy atom. The predicted molar refractivity (Wildman–Crippen MR) is 94.4 cm³/mol. The number of carbonyl (C=O) groups is 1. The van der Waals surface area contributed by atoms with Gasteiger partial charge in [-0.3, -0.25) is 0 Å². The van der Waals surface area contributed by atoms with Crippen molar-refractivity contribution in [2.75, 3.05) is 13.7 Å². The number of hydrogen-bond donors (Lipinski definition) is 2. The molecule has 1 aromatic carbocycles. The van der Waals surface area contributed by atoms with E-state index in [1.54, 1.807) is 26.2 Å². The maximum absolute atomic E-state index is 12.5. The number of carbonyl (C=O) groups excluding carboxylic acids is 1. The minimum atomic E-state index is -0.549. The monoisotopic (exact) mass is 342 g/mol. The maximum Gasteiger partial charge on any atom is 0.337 e. The first kappa shape index (κ1) is 17.7. The van der Waals surface area contributed by atoms with Crippen LogP contribution >= 0.6 is 12.6 Å². The highest BCUT2D eigenvalue weighted by molar-refractivity contribution is 7.84. The van der Waals surface area contributed by atoms with Gasteiger partial charge in [-0.2, -0.15) is 5.26 Å². The van der Waals surface area contributed by atoms with E-state index in [-0.39, 0.29) is 6.61 Å². The van der Waals surface area contributed by atoms with Crippen LogP contribution in [-0.4, -0.2) is 19.7 Å². The van der Waals surface area contributed by atoms with E-state index < -0.39 is 11.9 Å². The number of methoxy groups -OCH3 is 1. The minimum absolute atomic E-state index is 0.101. The second-order valence-corrected chi connectivity index (χ2v) is 5.58. The highest BCUT2D eigenvalue weighted by Crippen LogP contribution is 2.39. The van der Waals surface area contributed by atoms with E-state index in [1.807, 2.05) is 12.1 Å². The summed E-state index contributed by atoms with van der Waals surface area (Å²) in [5.74, 6) is -0.348. The molecule has 0 saturated heterocycles. The summed E-state index contributed by atoms with van der Waals surface area (Å²) in [7, 11) is 1.58. The molecule has 0 bridgehead atoms. The molecule has 1 heterocycles. The van der Waals surface area contributed by atoms with E-state index in [9.17, 15) is 10.1 Å². The Bertz CT molecular complexity index is 757. The molecule has 124 valence electrons. The third kappa shape index (κ3) is 3.47. The predicted octanol–water partition coefficient (Wildman–Crippen LogP) is 3.05. The van der Waals surface area contributed by atoms with Crippen LogP contribution in [0.15, 0.2) is 58.8 Å². The van der Waals surface area contributed by atoms with Crippen LogP contribution in [0.5, 0.6) is 5.75 Å². The summed E-state index contributed by atoms with van der Waals surface area (Å²) < 4.78 is 10.3. The van der Waals surface area contributed by atoms with Gasteiger partial charge in [0.05, 0.1) is 35.3 Å². The van der Waals surface area contributed by atoms with Crippen LogP contribution in [0.2, 0.25) is 0 Å². The molecular formula is C18H18N2O3S. The highest BCUT2D eigenvalue weighted by Gasteiger charge is 2.34. The molecule has 24 heavy (non-hydrogen) atoms. The summed E-state index contributed by atoms with van der Waals surface area (Å²) in [6.45, 7) is 5.40. The molecule has 1 aliphatic rings. The summed E-state index contributed by atoms with van der Waals surface area (Å²) in [6.07, 6.45) is 1.50. The molecule has 0 amide bonds. The molecule has 1 aliphatic heterocycles. The number of thiol groups is 1. The molecule has 0 unspecified atom stereocenters. The molecule has 1 N–H and O–H groups in total. The van der Waals surface area contributed by atoms with Crippen molar-refractivity contribution in [2.24, 2.45) is 0 Å². The summed E-state index contributed by atoms with van der Waals surface area (Å²) in [5, 5.41) is 12.9. The molecule has 0 saturated carbocycles. The highest BCUT2D eigenvalue weighted by atomic mass is 32.1. The van der Waals surface area contributed by atoms with Gasteiger partial charge < -0.3 is 14.8 Å². The number of rotatable bonds is 5. The number of esters is 1. The fourth-order valence-corrected chi connectivity index (χ4v) is 2.89. The molecule has 0 aromatic heterocycles. The number of hydrogen-bond acceptors (Lipinski definition) is 6. The third-order valence-electron chi connectivity index (χ3n) is 3.66. The van der Waals surface area contributed by atoms with Gasteiger partial charge in [0.15, 0.2) is 0 Å². The zero-order valence-corrected chi connectivity index (χ0v) is 14.4. The lowest BCUT2D eigenvalue weighted by Gasteiger charge is -2.28. The smallest absolute Gasteiger partial charge is 0.337 e. The van der Waals surface area contributed by atoms with Crippen LogP contribution in [-0.2, 0) is 9.53 Å². The van der Waals surface area contributed by atoms with E-state index in [0.717, 1.165) is 5.56 Å². The van der Waals surface area contributed by atoms with Crippen molar-refractivity contribution in [1.29, 1.82) is 5.26 Å². The number of nitriles is 1. The minimum Gasteiger partial charge on any atom is -0.497 e. The van der Waals surface area contributed by atoms with Crippen molar-refractivity contribution in [1.82, 2.24) is 5.32 Å². The first-order chi connectivity index (χ1) is 11.5. The van der Waals surface area contributed by atoms with E-state index in [4.69, 9.17) is 9.47 Å². The Balaban J connectivity index is 2.52. The fourth-order valence-electron chi connectivity index (χ4n) is 2.54. The van der Waals surface area contributed by atoms with Crippen molar-refractivity contribution in [3.05, 3.63) is 64.4 Å². The Kier molecular flexibility index (Phi) is 5.72. The molecule has 0 spiro atoms. The van der Waals surface area contributed by atoms with Gasteiger partial charge in [-0.25, -0.2) is 4.79 Å². The number of nitrogens with one attached hydrogen (secondary N) is 1. The summed E-state index contributed by atoms with van der Waals surface area (Å²) >= 11 is 4.34. The Hall–Kier alpha value is -2.65. The molecule has 5 nitrogen and oxygen atoms in total. The molecule has 6 heteroatoms. The summed E-state index contributed by atoms with van der Waals surface area (Å²) in [4.78, 5) is 12.5. The first-order valence-corrected chi connectivity index (χ1v) is 7.71. The zero-order valence-electron chi connectivity index (χ0n) is 13.5. The second-order valence-electron chi connectivity index (χ2n) is 5.13. The van der Waals surface area contributed by atoms with Gasteiger partial charge in [0.1, 0.15) is 12.4 Å². The third-order valence-corrected chi connectivity index (χ3v) is 4.02. The molecule has 2 rings (SSSR count). The Morgan fingerprint density at radius 2 is 2.12 bits per heavy atom. The number of nitrogens with zero attached hydrogens (tertiary/aromatic N) is 1. The quantitative estimate of drug-likeness (QED) is 0.489. The molecule has 0 fully saturated rings. The Labute approximate surface area is 146 Å². The van der Waals surface area contributed by atoms with Gasteiger partial charge in [0.25, 0.3) is 0 Å².